The second-order valence-corrected chi connectivity index (χ2v) is 11.3. The van der Waals surface area contributed by atoms with Gasteiger partial charge in [0.05, 0.1) is 17.7 Å². The van der Waals surface area contributed by atoms with Crippen molar-refractivity contribution in [2.75, 3.05) is 45.7 Å². The van der Waals surface area contributed by atoms with Crippen molar-refractivity contribution in [3.63, 3.8) is 0 Å². The Morgan fingerprint density at radius 3 is 2.40 bits per heavy atom. The lowest BCUT2D eigenvalue weighted by molar-refractivity contribution is -0.257. The van der Waals surface area contributed by atoms with Gasteiger partial charge in [0.25, 0.3) is 17.4 Å². The number of alkyl halides is 3. The maximum atomic E-state index is 13.9. The van der Waals surface area contributed by atoms with E-state index in [4.69, 9.17) is 16.3 Å². The van der Waals surface area contributed by atoms with Crippen molar-refractivity contribution in [2.24, 2.45) is 11.3 Å². The molecule has 2 N–H and O–H groups in total. The fourth-order valence-electron chi connectivity index (χ4n) is 5.95. The zero-order valence-corrected chi connectivity index (χ0v) is 23.6. The Kier molecular flexibility index (Phi) is 8.61. The van der Waals surface area contributed by atoms with E-state index in [2.05, 4.69) is 10.2 Å². The third-order valence-corrected chi connectivity index (χ3v) is 8.89. The quantitative estimate of drug-likeness (QED) is 0.458. The Balaban J connectivity index is 1.34. The van der Waals surface area contributed by atoms with E-state index in [1.54, 1.807) is 20.2 Å². The van der Waals surface area contributed by atoms with Crippen LogP contribution in [0.1, 0.15) is 48.0 Å². The van der Waals surface area contributed by atoms with E-state index >= 15 is 0 Å². The Morgan fingerprint density at radius 2 is 1.85 bits per heavy atom. The highest BCUT2D eigenvalue weighted by atomic mass is 35.5. The average molecular weight is 582 g/mol. The van der Waals surface area contributed by atoms with Gasteiger partial charge in [-0.15, -0.1) is 0 Å². The molecule has 1 spiro atoms. The Labute approximate surface area is 237 Å². The first-order chi connectivity index (χ1) is 18.8. The van der Waals surface area contributed by atoms with E-state index in [9.17, 15) is 27.9 Å². The lowest BCUT2D eigenvalue weighted by Crippen LogP contribution is -2.55. The molecule has 0 bridgehead atoms. The Morgan fingerprint density at radius 1 is 1.15 bits per heavy atom. The Bertz CT molecular complexity index is 1250. The number of hydrogen-bond acceptors (Lipinski definition) is 5. The van der Waals surface area contributed by atoms with E-state index in [0.717, 1.165) is 56.6 Å². The number of benzene rings is 2. The van der Waals surface area contributed by atoms with Crippen LogP contribution in [0.3, 0.4) is 0 Å². The molecule has 11 heteroatoms. The Hall–Kier alpha value is -2.98. The summed E-state index contributed by atoms with van der Waals surface area (Å²) in [5.41, 5.74) is -2.79. The minimum atomic E-state index is -5.21. The molecule has 1 saturated carbocycles. The largest absolute Gasteiger partial charge is 0.497 e. The smallest absolute Gasteiger partial charge is 0.430 e. The van der Waals surface area contributed by atoms with E-state index in [0.29, 0.717) is 17.0 Å². The van der Waals surface area contributed by atoms with Crippen LogP contribution < -0.4 is 15.0 Å². The summed E-state index contributed by atoms with van der Waals surface area (Å²) >= 11 is 6.40. The van der Waals surface area contributed by atoms with Crippen LogP contribution in [0.25, 0.3) is 0 Å². The summed E-state index contributed by atoms with van der Waals surface area (Å²) in [7, 11) is 4.65. The number of anilines is 1. The van der Waals surface area contributed by atoms with Crippen molar-refractivity contribution in [1.29, 1.82) is 0 Å². The molecule has 2 fully saturated rings. The molecule has 0 radical (unpaired) electrons. The number of ether oxygens (including phenoxy) is 1. The van der Waals surface area contributed by atoms with Gasteiger partial charge in [0, 0.05) is 45.0 Å². The van der Waals surface area contributed by atoms with Crippen molar-refractivity contribution in [3.8, 4) is 5.75 Å². The number of carbonyl (C=O) groups excluding carboxylic acids is 2. The first-order valence-electron chi connectivity index (χ1n) is 13.3. The number of nitrogens with zero attached hydrogens (tertiary/aromatic N) is 2. The summed E-state index contributed by atoms with van der Waals surface area (Å²) in [4.78, 5) is 28.7. The SMILES string of the molecule is COc1cccc(C(O)(C(=O)NCC[C@H]2CCC23CCN(c2ccc(C(=O)N(C)C)c(Cl)c2)CC3)C(F)(F)F)c1. The van der Waals surface area contributed by atoms with Crippen LogP contribution >= 0.6 is 11.6 Å². The second kappa shape index (κ2) is 11.5. The molecule has 7 nitrogen and oxygen atoms in total. The van der Waals surface area contributed by atoms with Crippen LogP contribution in [0, 0.1) is 11.3 Å². The van der Waals surface area contributed by atoms with Crippen LogP contribution in [0.5, 0.6) is 5.75 Å². The minimum Gasteiger partial charge on any atom is -0.497 e. The molecule has 2 amide bonds. The van der Waals surface area contributed by atoms with Gasteiger partial charge in [-0.05, 0) is 73.8 Å². The number of nitrogens with one attached hydrogen (secondary N) is 1. The zero-order valence-electron chi connectivity index (χ0n) is 22.9. The predicted octanol–water partition coefficient (Wildman–Crippen LogP) is 5.00. The second-order valence-electron chi connectivity index (χ2n) is 10.9. The number of carbonyl (C=O) groups is 2. The summed E-state index contributed by atoms with van der Waals surface area (Å²) < 4.78 is 46.8. The van der Waals surface area contributed by atoms with Gasteiger partial charge in [-0.25, -0.2) is 0 Å². The molecule has 1 unspecified atom stereocenters. The topological polar surface area (TPSA) is 82.1 Å². The molecular formula is C29H35ClF3N3O4. The van der Waals surface area contributed by atoms with Crippen molar-refractivity contribution < 1.29 is 32.6 Å². The fraction of sp³-hybridized carbons (Fsp3) is 0.517. The van der Waals surface area contributed by atoms with Crippen LogP contribution in [0.15, 0.2) is 42.5 Å². The maximum absolute atomic E-state index is 13.9. The number of methoxy groups -OCH3 is 1. The lowest BCUT2D eigenvalue weighted by Gasteiger charge is -2.54. The number of rotatable bonds is 8. The molecule has 1 heterocycles. The molecule has 2 aliphatic rings. The summed E-state index contributed by atoms with van der Waals surface area (Å²) in [6, 6.07) is 10.3. The van der Waals surface area contributed by atoms with Crippen LogP contribution in [0.2, 0.25) is 5.02 Å². The molecule has 4 rings (SSSR count). The van der Waals surface area contributed by atoms with Crippen molar-refractivity contribution in [1.82, 2.24) is 10.2 Å². The van der Waals surface area contributed by atoms with E-state index in [-0.39, 0.29) is 29.5 Å². The molecule has 2 aromatic rings. The highest BCUT2D eigenvalue weighted by Gasteiger charge is 2.61. The van der Waals surface area contributed by atoms with Crippen molar-refractivity contribution in [3.05, 3.63) is 58.6 Å². The normalized spacial score (nSPS) is 19.9. The highest BCUT2D eigenvalue weighted by Crippen LogP contribution is 2.55. The molecular weight excluding hydrogens is 547 g/mol. The van der Waals surface area contributed by atoms with Gasteiger partial charge in [0.15, 0.2) is 0 Å². The van der Waals surface area contributed by atoms with E-state index in [1.165, 1.54) is 24.1 Å². The zero-order chi connectivity index (χ0) is 29.3. The number of hydrogen-bond donors (Lipinski definition) is 2. The van der Waals surface area contributed by atoms with E-state index < -0.39 is 23.2 Å². The van der Waals surface area contributed by atoms with Gasteiger partial charge in [-0.3, -0.25) is 9.59 Å². The van der Waals surface area contributed by atoms with Crippen molar-refractivity contribution in [2.45, 2.75) is 43.9 Å². The molecule has 2 atom stereocenters. The van der Waals surface area contributed by atoms with Gasteiger partial charge in [0.2, 0.25) is 0 Å². The molecule has 40 heavy (non-hydrogen) atoms. The maximum Gasteiger partial charge on any atom is 0.430 e. The van der Waals surface area contributed by atoms with Crippen molar-refractivity contribution >= 4 is 29.1 Å². The molecule has 2 aromatic carbocycles. The van der Waals surface area contributed by atoms with Gasteiger partial charge in [0.1, 0.15) is 5.75 Å². The van der Waals surface area contributed by atoms with Crippen LogP contribution in [-0.2, 0) is 10.4 Å². The number of aliphatic hydroxyl groups is 1. The van der Waals surface area contributed by atoms with Gasteiger partial charge >= 0.3 is 6.18 Å². The predicted molar refractivity (Wildman–Crippen MR) is 147 cm³/mol. The molecule has 0 aromatic heterocycles. The molecule has 218 valence electrons. The summed E-state index contributed by atoms with van der Waals surface area (Å²) in [6.45, 7) is 1.63. The summed E-state index contributed by atoms with van der Waals surface area (Å²) in [5, 5.41) is 13.3. The van der Waals surface area contributed by atoms with Crippen LogP contribution in [-0.4, -0.2) is 68.8 Å². The van der Waals surface area contributed by atoms with E-state index in [1.807, 2.05) is 12.1 Å². The van der Waals surface area contributed by atoms with Gasteiger partial charge in [-0.2, -0.15) is 13.2 Å². The number of piperidine rings is 1. The fourth-order valence-corrected chi connectivity index (χ4v) is 6.21. The van der Waals surface area contributed by atoms with Gasteiger partial charge in [-0.1, -0.05) is 23.7 Å². The average Bonchev–Trinajstić information content (AvgIpc) is 2.93. The first kappa shape index (κ1) is 30.0. The minimum absolute atomic E-state index is 0.0360. The third kappa shape index (κ3) is 5.61. The van der Waals surface area contributed by atoms with Gasteiger partial charge < -0.3 is 25.0 Å². The molecule has 1 aliphatic heterocycles. The summed E-state index contributed by atoms with van der Waals surface area (Å²) in [5.74, 6) is -1.27. The third-order valence-electron chi connectivity index (χ3n) is 8.58. The first-order valence-corrected chi connectivity index (χ1v) is 13.7. The van der Waals surface area contributed by atoms with Crippen LogP contribution in [0.4, 0.5) is 18.9 Å². The highest BCUT2D eigenvalue weighted by molar-refractivity contribution is 6.34. The molecule has 1 saturated heterocycles. The summed E-state index contributed by atoms with van der Waals surface area (Å²) in [6.07, 6.45) is -0.870. The lowest BCUT2D eigenvalue weighted by atomic mass is 9.54. The number of amides is 2. The monoisotopic (exact) mass is 581 g/mol. The molecule has 1 aliphatic carbocycles. The number of halogens is 4. The standard InChI is InChI=1S/C29H35ClF3N3O4/c1-35(2)25(37)23-8-7-21(18-24(23)30)36-15-12-27(13-16-36)11-9-19(27)10-14-34-26(38)28(39,29(31,32)33)20-5-4-6-22(17-20)40-3/h4-8,17-19,39H,9-16H2,1-3H3,(H,34,38)/t19-,28?/m1/s1.